The monoisotopic (exact) mass is 382 g/mol. The highest BCUT2D eigenvalue weighted by atomic mass is 79.9. The van der Waals surface area contributed by atoms with Gasteiger partial charge in [-0.25, -0.2) is 0 Å². The minimum atomic E-state index is -0.992. The first kappa shape index (κ1) is 14.4. The van der Waals surface area contributed by atoms with Crippen molar-refractivity contribution in [2.45, 2.75) is 30.6 Å². The molecule has 1 amide bonds. The highest BCUT2D eigenvalue weighted by Gasteiger charge is 2.62. The number of hydrogen-bond donors (Lipinski definition) is 1. The van der Waals surface area contributed by atoms with E-state index in [1.165, 1.54) is 4.90 Å². The second kappa shape index (κ2) is 4.91. The van der Waals surface area contributed by atoms with Gasteiger partial charge in [0.25, 0.3) is 5.91 Å². The number of benzene rings is 1. The van der Waals surface area contributed by atoms with E-state index in [1.54, 1.807) is 7.05 Å². The Kier molecular flexibility index (Phi) is 3.22. The Morgan fingerprint density at radius 1 is 1.50 bits per heavy atom. The predicted molar refractivity (Wildman–Crippen MR) is 87.7 cm³/mol. The molecule has 4 rings (SSSR count). The van der Waals surface area contributed by atoms with Gasteiger partial charge in [0.1, 0.15) is 18.0 Å². The van der Waals surface area contributed by atoms with Crippen LogP contribution >= 0.6 is 28.1 Å². The number of nitrogens with one attached hydrogen (secondary N) is 1. The van der Waals surface area contributed by atoms with Crippen molar-refractivity contribution in [2.75, 3.05) is 13.7 Å². The summed E-state index contributed by atoms with van der Waals surface area (Å²) in [5, 5.41) is 3.66. The summed E-state index contributed by atoms with van der Waals surface area (Å²) in [6.45, 7) is 0.626. The first-order chi connectivity index (χ1) is 10.5. The van der Waals surface area contributed by atoms with Crippen molar-refractivity contribution < 1.29 is 14.3 Å². The van der Waals surface area contributed by atoms with Gasteiger partial charge in [0.05, 0.1) is 0 Å². The summed E-state index contributed by atoms with van der Waals surface area (Å²) in [5.74, 6) is 0.631. The summed E-state index contributed by atoms with van der Waals surface area (Å²) in [6, 6.07) is 5.72. The average Bonchev–Trinajstić information content (AvgIpc) is 2.74. The van der Waals surface area contributed by atoms with Crippen LogP contribution in [0.1, 0.15) is 18.4 Å². The van der Waals surface area contributed by atoms with Crippen LogP contribution in [0.15, 0.2) is 22.7 Å². The zero-order valence-corrected chi connectivity index (χ0v) is 14.4. The number of amides is 1. The summed E-state index contributed by atoms with van der Waals surface area (Å²) in [7, 11) is 1.69. The van der Waals surface area contributed by atoms with E-state index in [9.17, 15) is 4.79 Å². The molecule has 2 fully saturated rings. The molecule has 1 aromatic rings. The van der Waals surface area contributed by atoms with Crippen LogP contribution in [0.2, 0.25) is 0 Å². The minimum absolute atomic E-state index is 0.0861. The van der Waals surface area contributed by atoms with Gasteiger partial charge in [0, 0.05) is 23.7 Å². The molecule has 2 saturated heterocycles. The maximum Gasteiger partial charge on any atom is 0.261 e. The molecule has 0 aliphatic carbocycles. The number of rotatable bonds is 0. The molecule has 0 radical (unpaired) electrons. The van der Waals surface area contributed by atoms with E-state index in [1.807, 2.05) is 18.2 Å². The van der Waals surface area contributed by atoms with Gasteiger partial charge in [-0.05, 0) is 43.3 Å². The Bertz CT molecular complexity index is 683. The number of nitrogens with zero attached hydrogens (tertiary/aromatic N) is 1. The first-order valence-corrected chi connectivity index (χ1v) is 8.43. The van der Waals surface area contributed by atoms with Crippen LogP contribution in [0.4, 0.5) is 0 Å². The third-order valence-electron chi connectivity index (χ3n) is 4.59. The van der Waals surface area contributed by atoms with Gasteiger partial charge in [-0.1, -0.05) is 15.9 Å². The Hall–Kier alpha value is -1.18. The van der Waals surface area contributed by atoms with Gasteiger partial charge in [0.2, 0.25) is 0 Å². The van der Waals surface area contributed by atoms with Crippen molar-refractivity contribution in [3.8, 4) is 5.75 Å². The third-order valence-corrected chi connectivity index (χ3v) is 5.46. The average molecular weight is 383 g/mol. The second-order valence-electron chi connectivity index (χ2n) is 5.83. The SMILES string of the molecule is CN1C(=O)[C@]2(NC1=S)c1cc(Br)ccc1O[C@H]1CCCO[C@H]12. The van der Waals surface area contributed by atoms with Crippen molar-refractivity contribution in [1.82, 2.24) is 10.2 Å². The Morgan fingerprint density at radius 3 is 3.05 bits per heavy atom. The van der Waals surface area contributed by atoms with Crippen LogP contribution in [0.3, 0.4) is 0 Å². The Balaban J connectivity index is 1.95. The molecular formula is C15H15BrN2O3S. The summed E-state index contributed by atoms with van der Waals surface area (Å²) >= 11 is 8.79. The molecule has 1 spiro atoms. The number of carbonyl (C=O) groups is 1. The van der Waals surface area contributed by atoms with Crippen molar-refractivity contribution in [3.63, 3.8) is 0 Å². The van der Waals surface area contributed by atoms with Crippen LogP contribution in [-0.4, -0.2) is 41.8 Å². The molecule has 3 aliphatic heterocycles. The molecule has 5 nitrogen and oxygen atoms in total. The number of ether oxygens (including phenoxy) is 2. The lowest BCUT2D eigenvalue weighted by atomic mass is 9.77. The van der Waals surface area contributed by atoms with E-state index < -0.39 is 5.54 Å². The van der Waals surface area contributed by atoms with Crippen LogP contribution < -0.4 is 10.1 Å². The van der Waals surface area contributed by atoms with Gasteiger partial charge >= 0.3 is 0 Å². The number of hydrogen-bond acceptors (Lipinski definition) is 4. The molecule has 3 aliphatic rings. The zero-order chi connectivity index (χ0) is 15.5. The maximum absolute atomic E-state index is 13.0. The smallest absolute Gasteiger partial charge is 0.261 e. The standard InChI is InChI=1S/C15H15BrN2O3S/c1-18-13(19)15(17-14(18)22)9-7-8(16)4-5-10(9)21-11-3-2-6-20-12(11)15/h4-5,7,11-12H,2-3,6H2,1H3,(H,17,22)/t11-,12+,15-/m0/s1. The lowest BCUT2D eigenvalue weighted by Crippen LogP contribution is -2.63. The highest BCUT2D eigenvalue weighted by molar-refractivity contribution is 9.10. The third kappa shape index (κ3) is 1.79. The fourth-order valence-electron chi connectivity index (χ4n) is 3.55. The quantitative estimate of drug-likeness (QED) is 0.694. The summed E-state index contributed by atoms with van der Waals surface area (Å²) in [6.07, 6.45) is 1.27. The van der Waals surface area contributed by atoms with Crippen LogP contribution in [0, 0.1) is 0 Å². The number of likely N-dealkylation sites (N-methyl/N-ethyl adjacent to an activating group) is 1. The van der Waals surface area contributed by atoms with E-state index in [-0.39, 0.29) is 18.1 Å². The molecule has 3 atom stereocenters. The fraction of sp³-hybridized carbons (Fsp3) is 0.467. The molecule has 0 aromatic heterocycles. The number of halogens is 1. The lowest BCUT2D eigenvalue weighted by molar-refractivity contribution is -0.153. The number of fused-ring (bicyclic) bond motifs is 4. The molecule has 22 heavy (non-hydrogen) atoms. The highest BCUT2D eigenvalue weighted by Crippen LogP contribution is 2.47. The molecule has 7 heteroatoms. The van der Waals surface area contributed by atoms with Crippen molar-refractivity contribution >= 4 is 39.2 Å². The van der Waals surface area contributed by atoms with Crippen molar-refractivity contribution in [2.24, 2.45) is 0 Å². The number of thiocarbonyl (C=S) groups is 1. The molecule has 0 unspecified atom stereocenters. The van der Waals surface area contributed by atoms with Crippen molar-refractivity contribution in [3.05, 3.63) is 28.2 Å². The lowest BCUT2D eigenvalue weighted by Gasteiger charge is -2.46. The molecule has 0 bridgehead atoms. The van der Waals surface area contributed by atoms with Gasteiger partial charge in [-0.3, -0.25) is 9.69 Å². The molecule has 0 saturated carbocycles. The van der Waals surface area contributed by atoms with E-state index in [0.717, 1.165) is 22.9 Å². The van der Waals surface area contributed by atoms with Crippen LogP contribution in [-0.2, 0) is 15.1 Å². The van der Waals surface area contributed by atoms with Gasteiger partial charge in [-0.15, -0.1) is 0 Å². The minimum Gasteiger partial charge on any atom is -0.487 e. The normalized spacial score (nSPS) is 33.3. The van der Waals surface area contributed by atoms with E-state index in [0.29, 0.717) is 17.5 Å². The van der Waals surface area contributed by atoms with Crippen LogP contribution in [0.5, 0.6) is 5.75 Å². The largest absolute Gasteiger partial charge is 0.487 e. The van der Waals surface area contributed by atoms with E-state index in [2.05, 4.69) is 21.2 Å². The Labute approximate surface area is 142 Å². The van der Waals surface area contributed by atoms with E-state index in [4.69, 9.17) is 21.7 Å². The summed E-state index contributed by atoms with van der Waals surface area (Å²) < 4.78 is 13.0. The van der Waals surface area contributed by atoms with Gasteiger partial charge in [-0.2, -0.15) is 0 Å². The van der Waals surface area contributed by atoms with Crippen molar-refractivity contribution in [1.29, 1.82) is 0 Å². The molecule has 116 valence electrons. The van der Waals surface area contributed by atoms with E-state index >= 15 is 0 Å². The molecule has 1 aromatic carbocycles. The Morgan fingerprint density at radius 2 is 2.32 bits per heavy atom. The van der Waals surface area contributed by atoms with Gasteiger partial charge in [0.15, 0.2) is 10.7 Å². The summed E-state index contributed by atoms with van der Waals surface area (Å²) in [4.78, 5) is 14.5. The maximum atomic E-state index is 13.0. The second-order valence-corrected chi connectivity index (χ2v) is 7.14. The number of carbonyl (C=O) groups excluding carboxylic acids is 1. The van der Waals surface area contributed by atoms with Crippen LogP contribution in [0.25, 0.3) is 0 Å². The molecule has 3 heterocycles. The first-order valence-electron chi connectivity index (χ1n) is 7.22. The van der Waals surface area contributed by atoms with Gasteiger partial charge < -0.3 is 14.8 Å². The topological polar surface area (TPSA) is 50.8 Å². The predicted octanol–water partition coefficient (Wildman–Crippen LogP) is 1.93. The molecular weight excluding hydrogens is 368 g/mol. The zero-order valence-electron chi connectivity index (χ0n) is 12.0. The fourth-order valence-corrected chi connectivity index (χ4v) is 4.15. The molecule has 1 N–H and O–H groups in total. The summed E-state index contributed by atoms with van der Waals surface area (Å²) in [5.41, 5.74) is -0.212.